The molecule has 0 atom stereocenters. The van der Waals surface area contributed by atoms with Gasteiger partial charge in [0.1, 0.15) is 5.75 Å². The summed E-state index contributed by atoms with van der Waals surface area (Å²) in [6.07, 6.45) is 1.75. The van der Waals surface area contributed by atoms with Crippen LogP contribution >= 0.6 is 11.6 Å². The molecular formula is C24H23ClN2O2. The first-order valence-corrected chi connectivity index (χ1v) is 9.69. The number of carbonyl (C=O) groups excluding carboxylic acids is 1. The number of aliphatic imine (C=N–C) groups is 1. The first-order valence-electron chi connectivity index (χ1n) is 9.31. The zero-order valence-electron chi connectivity index (χ0n) is 16.7. The van der Waals surface area contributed by atoms with Crippen LogP contribution < -0.4 is 10.1 Å². The molecule has 0 fully saturated rings. The molecule has 0 aliphatic rings. The van der Waals surface area contributed by atoms with Crippen molar-refractivity contribution in [1.82, 2.24) is 0 Å². The summed E-state index contributed by atoms with van der Waals surface area (Å²) in [5.41, 5.74) is 5.70. The van der Waals surface area contributed by atoms with E-state index in [4.69, 9.17) is 16.3 Å². The smallest absolute Gasteiger partial charge is 0.262 e. The van der Waals surface area contributed by atoms with Gasteiger partial charge in [0.15, 0.2) is 6.61 Å². The fourth-order valence-electron chi connectivity index (χ4n) is 2.73. The normalized spacial score (nSPS) is 10.9. The van der Waals surface area contributed by atoms with Gasteiger partial charge in [0.2, 0.25) is 0 Å². The van der Waals surface area contributed by atoms with Crippen LogP contribution in [0.1, 0.15) is 22.3 Å². The van der Waals surface area contributed by atoms with Crippen molar-refractivity contribution in [2.24, 2.45) is 4.99 Å². The molecule has 1 amide bonds. The summed E-state index contributed by atoms with van der Waals surface area (Å²) in [5.74, 6) is 0.397. The van der Waals surface area contributed by atoms with Crippen molar-refractivity contribution in [3.8, 4) is 5.75 Å². The van der Waals surface area contributed by atoms with Crippen molar-refractivity contribution >= 4 is 35.1 Å². The number of nitrogens with zero attached hydrogens (tertiary/aromatic N) is 1. The molecule has 0 aromatic heterocycles. The standard InChI is InChI=1S/C24H23ClN2O2/c1-16-10-11-20(12-17(16)2)27-24(28)15-29-21-7-4-6-19(13-21)14-26-23-9-5-8-22(25)18(23)3/h4-14H,15H2,1-3H3,(H,27,28). The lowest BCUT2D eigenvalue weighted by molar-refractivity contribution is -0.118. The Hall–Kier alpha value is -3.11. The van der Waals surface area contributed by atoms with Crippen LogP contribution in [0.3, 0.4) is 0 Å². The van der Waals surface area contributed by atoms with Crippen LogP contribution in [-0.4, -0.2) is 18.7 Å². The summed E-state index contributed by atoms with van der Waals surface area (Å²) in [7, 11) is 0. The van der Waals surface area contributed by atoms with Gasteiger partial charge in [-0.25, -0.2) is 0 Å². The second-order valence-electron chi connectivity index (χ2n) is 6.85. The third kappa shape index (κ3) is 5.69. The van der Waals surface area contributed by atoms with Crippen LogP contribution in [0.5, 0.6) is 5.75 Å². The first kappa shape index (κ1) is 20.6. The number of carbonyl (C=O) groups is 1. The first-order chi connectivity index (χ1) is 13.9. The molecule has 0 heterocycles. The van der Waals surface area contributed by atoms with Crippen LogP contribution in [0, 0.1) is 20.8 Å². The van der Waals surface area contributed by atoms with E-state index < -0.39 is 0 Å². The van der Waals surface area contributed by atoms with E-state index in [2.05, 4.69) is 10.3 Å². The second kappa shape index (κ2) is 9.39. The fourth-order valence-corrected chi connectivity index (χ4v) is 2.90. The van der Waals surface area contributed by atoms with E-state index in [-0.39, 0.29) is 12.5 Å². The van der Waals surface area contributed by atoms with E-state index in [1.165, 1.54) is 5.56 Å². The number of rotatable bonds is 6. The number of halogens is 1. The molecule has 0 aliphatic heterocycles. The zero-order chi connectivity index (χ0) is 20.8. The van der Waals surface area contributed by atoms with Crippen molar-refractivity contribution in [3.05, 3.63) is 87.9 Å². The Bertz CT molecular complexity index is 1060. The van der Waals surface area contributed by atoms with Crippen LogP contribution in [-0.2, 0) is 4.79 Å². The summed E-state index contributed by atoms with van der Waals surface area (Å²) in [6.45, 7) is 5.91. The van der Waals surface area contributed by atoms with Gasteiger partial charge in [0, 0.05) is 16.9 Å². The summed E-state index contributed by atoms with van der Waals surface area (Å²) in [5, 5.41) is 3.54. The third-order valence-corrected chi connectivity index (χ3v) is 5.02. The van der Waals surface area contributed by atoms with E-state index >= 15 is 0 Å². The number of benzene rings is 3. The van der Waals surface area contributed by atoms with E-state index in [0.29, 0.717) is 10.8 Å². The number of anilines is 1. The monoisotopic (exact) mass is 406 g/mol. The highest BCUT2D eigenvalue weighted by atomic mass is 35.5. The second-order valence-corrected chi connectivity index (χ2v) is 7.26. The Balaban J connectivity index is 1.60. The molecule has 0 unspecified atom stereocenters. The lowest BCUT2D eigenvalue weighted by Crippen LogP contribution is -2.20. The van der Waals surface area contributed by atoms with Crippen LogP contribution in [0.25, 0.3) is 0 Å². The minimum absolute atomic E-state index is 0.0685. The molecule has 4 nitrogen and oxygen atoms in total. The fraction of sp³-hybridized carbons (Fsp3) is 0.167. The minimum atomic E-state index is -0.207. The molecule has 0 bridgehead atoms. The quantitative estimate of drug-likeness (QED) is 0.508. The van der Waals surface area contributed by atoms with Crippen molar-refractivity contribution in [2.45, 2.75) is 20.8 Å². The molecule has 0 spiro atoms. The average Bonchev–Trinajstić information content (AvgIpc) is 2.71. The molecule has 0 saturated carbocycles. The molecule has 3 aromatic rings. The summed E-state index contributed by atoms with van der Waals surface area (Å²) in [4.78, 5) is 16.7. The molecule has 0 radical (unpaired) electrons. The molecular weight excluding hydrogens is 384 g/mol. The Morgan fingerprint density at radius 1 is 1.03 bits per heavy atom. The molecule has 3 rings (SSSR count). The maximum atomic E-state index is 12.2. The van der Waals surface area contributed by atoms with Gasteiger partial charge in [-0.05, 0) is 79.4 Å². The highest BCUT2D eigenvalue weighted by molar-refractivity contribution is 6.31. The van der Waals surface area contributed by atoms with Crippen LogP contribution in [0.4, 0.5) is 11.4 Å². The Morgan fingerprint density at radius 3 is 2.62 bits per heavy atom. The van der Waals surface area contributed by atoms with E-state index in [1.54, 1.807) is 6.21 Å². The van der Waals surface area contributed by atoms with E-state index in [0.717, 1.165) is 28.1 Å². The Kier molecular flexibility index (Phi) is 6.68. The SMILES string of the molecule is Cc1ccc(NC(=O)COc2cccc(C=Nc3cccc(Cl)c3C)c2)cc1C. The largest absolute Gasteiger partial charge is 0.484 e. The van der Waals surface area contributed by atoms with Gasteiger partial charge in [-0.15, -0.1) is 0 Å². The lowest BCUT2D eigenvalue weighted by atomic mass is 10.1. The van der Waals surface area contributed by atoms with Gasteiger partial charge in [0.05, 0.1) is 5.69 Å². The summed E-state index contributed by atoms with van der Waals surface area (Å²) >= 11 is 6.13. The zero-order valence-corrected chi connectivity index (χ0v) is 17.5. The minimum Gasteiger partial charge on any atom is -0.484 e. The number of amides is 1. The van der Waals surface area contributed by atoms with Crippen molar-refractivity contribution < 1.29 is 9.53 Å². The van der Waals surface area contributed by atoms with Gasteiger partial charge in [-0.3, -0.25) is 9.79 Å². The van der Waals surface area contributed by atoms with Crippen molar-refractivity contribution in [2.75, 3.05) is 11.9 Å². The number of nitrogens with one attached hydrogen (secondary N) is 1. The summed E-state index contributed by atoms with van der Waals surface area (Å²) < 4.78 is 5.63. The lowest BCUT2D eigenvalue weighted by Gasteiger charge is -2.09. The molecule has 0 saturated heterocycles. The molecule has 0 aliphatic carbocycles. The predicted molar refractivity (Wildman–Crippen MR) is 120 cm³/mol. The van der Waals surface area contributed by atoms with Gasteiger partial charge >= 0.3 is 0 Å². The molecule has 1 N–H and O–H groups in total. The molecule has 3 aromatic carbocycles. The molecule has 148 valence electrons. The maximum absolute atomic E-state index is 12.2. The summed E-state index contributed by atoms with van der Waals surface area (Å²) in [6, 6.07) is 18.9. The Labute approximate surface area is 176 Å². The Morgan fingerprint density at radius 2 is 1.83 bits per heavy atom. The molecule has 5 heteroatoms. The maximum Gasteiger partial charge on any atom is 0.262 e. The number of hydrogen-bond acceptors (Lipinski definition) is 3. The van der Waals surface area contributed by atoms with E-state index in [9.17, 15) is 4.79 Å². The van der Waals surface area contributed by atoms with Gasteiger partial charge < -0.3 is 10.1 Å². The topological polar surface area (TPSA) is 50.7 Å². The highest BCUT2D eigenvalue weighted by Crippen LogP contribution is 2.25. The van der Waals surface area contributed by atoms with Gasteiger partial charge in [0.25, 0.3) is 5.91 Å². The highest BCUT2D eigenvalue weighted by Gasteiger charge is 2.05. The van der Waals surface area contributed by atoms with Crippen molar-refractivity contribution in [1.29, 1.82) is 0 Å². The third-order valence-electron chi connectivity index (χ3n) is 4.61. The number of hydrogen-bond donors (Lipinski definition) is 1. The van der Waals surface area contributed by atoms with Gasteiger partial charge in [-0.2, -0.15) is 0 Å². The van der Waals surface area contributed by atoms with Gasteiger partial charge in [-0.1, -0.05) is 35.9 Å². The molecule has 29 heavy (non-hydrogen) atoms. The van der Waals surface area contributed by atoms with E-state index in [1.807, 2.05) is 81.4 Å². The number of aryl methyl sites for hydroxylation is 2. The van der Waals surface area contributed by atoms with Crippen molar-refractivity contribution in [3.63, 3.8) is 0 Å². The van der Waals surface area contributed by atoms with Crippen LogP contribution in [0.2, 0.25) is 5.02 Å². The predicted octanol–water partition coefficient (Wildman–Crippen LogP) is 6.03. The van der Waals surface area contributed by atoms with Crippen LogP contribution in [0.15, 0.2) is 65.7 Å². The average molecular weight is 407 g/mol. The number of ether oxygens (including phenoxy) is 1.